The summed E-state index contributed by atoms with van der Waals surface area (Å²) in [7, 11) is 0. The maximum atomic E-state index is 9.73. The Hall–Kier alpha value is -0.200. The fourth-order valence-corrected chi connectivity index (χ4v) is 7.89. The quantitative estimate of drug-likeness (QED) is 0.562. The summed E-state index contributed by atoms with van der Waals surface area (Å²) in [6, 6.07) is 0. The van der Waals surface area contributed by atoms with Crippen LogP contribution in [0, 0.1) is 23.7 Å². The van der Waals surface area contributed by atoms with Crippen molar-refractivity contribution in [3.05, 3.63) is 0 Å². The summed E-state index contributed by atoms with van der Waals surface area (Å²) in [4.78, 5) is 0. The molecule has 0 aromatic rings. The lowest BCUT2D eigenvalue weighted by atomic mass is 9.53. The molecule has 3 aliphatic heterocycles. The molecule has 5 heteroatoms. The number of nitrogens with two attached hydrogens (primary N) is 2. The number of aliphatic hydroxyl groups is 1. The van der Waals surface area contributed by atoms with Crippen LogP contribution in [-0.2, 0) is 4.74 Å². The monoisotopic (exact) mass is 395 g/mol. The predicted octanol–water partition coefficient (Wildman–Crippen LogP) is 1.15. The minimum absolute atomic E-state index is 0.00508. The molecule has 28 heavy (non-hydrogen) atoms. The van der Waals surface area contributed by atoms with Crippen LogP contribution in [0.5, 0.6) is 0 Å². The SMILES string of the molecule is CC1(C)O[C@@]2([C@@H]3CCC[C@@H](CC4CCC(N)[NH2+]C4)C3)CC[C@H]1[C@]([NH3+])(CCO)C2. The van der Waals surface area contributed by atoms with Crippen LogP contribution in [0.3, 0.4) is 0 Å². The van der Waals surface area contributed by atoms with Crippen molar-refractivity contribution in [2.45, 2.75) is 107 Å². The molecule has 2 unspecified atom stereocenters. The van der Waals surface area contributed by atoms with E-state index in [1.807, 2.05) is 0 Å². The Kier molecular flexibility index (Phi) is 5.87. The van der Waals surface area contributed by atoms with Crippen molar-refractivity contribution in [2.24, 2.45) is 29.4 Å². The van der Waals surface area contributed by atoms with Crippen molar-refractivity contribution in [2.75, 3.05) is 13.2 Å². The Morgan fingerprint density at radius 1 is 1.14 bits per heavy atom. The Morgan fingerprint density at radius 2 is 1.96 bits per heavy atom. The fourth-order valence-electron chi connectivity index (χ4n) is 7.89. The maximum Gasteiger partial charge on any atom is 0.137 e. The molecule has 5 nitrogen and oxygen atoms in total. The third-order valence-electron chi connectivity index (χ3n) is 9.04. The van der Waals surface area contributed by atoms with Crippen LogP contribution in [0.2, 0.25) is 0 Å². The zero-order valence-electron chi connectivity index (χ0n) is 18.3. The molecule has 3 heterocycles. The first kappa shape index (κ1) is 21.0. The van der Waals surface area contributed by atoms with E-state index in [2.05, 4.69) is 19.2 Å². The van der Waals surface area contributed by atoms with Crippen LogP contribution in [0.25, 0.3) is 0 Å². The summed E-state index contributed by atoms with van der Waals surface area (Å²) in [5.41, 5.74) is 10.6. The summed E-state index contributed by atoms with van der Waals surface area (Å²) in [5, 5.41) is 12.1. The lowest BCUT2D eigenvalue weighted by molar-refractivity contribution is -0.703. The molecule has 5 aliphatic rings. The maximum absolute atomic E-state index is 9.73. The molecule has 0 radical (unpaired) electrons. The van der Waals surface area contributed by atoms with Gasteiger partial charge in [-0.1, -0.05) is 12.8 Å². The Morgan fingerprint density at radius 3 is 2.64 bits per heavy atom. The topological polar surface area (TPSA) is 99.7 Å². The highest BCUT2D eigenvalue weighted by atomic mass is 16.5. The van der Waals surface area contributed by atoms with Gasteiger partial charge in [-0.25, -0.2) is 0 Å². The lowest BCUT2D eigenvalue weighted by Gasteiger charge is -2.63. The molecule has 162 valence electrons. The first-order valence-corrected chi connectivity index (χ1v) is 12.0. The van der Waals surface area contributed by atoms with Crippen molar-refractivity contribution in [3.63, 3.8) is 0 Å². The van der Waals surface area contributed by atoms with E-state index in [0.717, 1.165) is 24.7 Å². The van der Waals surface area contributed by atoms with Crippen molar-refractivity contribution in [3.8, 4) is 0 Å². The van der Waals surface area contributed by atoms with Crippen molar-refractivity contribution in [1.82, 2.24) is 0 Å². The van der Waals surface area contributed by atoms with E-state index in [0.29, 0.717) is 18.0 Å². The Bertz CT molecular complexity index is 548. The van der Waals surface area contributed by atoms with Crippen LogP contribution < -0.4 is 16.8 Å². The molecule has 5 fully saturated rings. The molecule has 0 aromatic heterocycles. The van der Waals surface area contributed by atoms with Gasteiger partial charge in [-0.15, -0.1) is 0 Å². The second-order valence-electron chi connectivity index (χ2n) is 11.4. The number of hydrogen-bond acceptors (Lipinski definition) is 3. The van der Waals surface area contributed by atoms with E-state index in [1.54, 1.807) is 0 Å². The molecule has 0 aromatic carbocycles. The number of fused-ring (bicyclic) bond motifs is 3. The van der Waals surface area contributed by atoms with E-state index in [9.17, 15) is 5.11 Å². The Balaban J connectivity index is 1.46. The number of ether oxygens (including phenoxy) is 1. The summed E-state index contributed by atoms with van der Waals surface area (Å²) in [6.07, 6.45) is 13.9. The van der Waals surface area contributed by atoms with Crippen LogP contribution in [0.15, 0.2) is 0 Å². The third-order valence-corrected chi connectivity index (χ3v) is 9.04. The molecular formula is C23H45N3O2+2. The highest BCUT2D eigenvalue weighted by molar-refractivity contribution is 5.12. The molecule has 5 rings (SSSR count). The van der Waals surface area contributed by atoms with Crippen molar-refractivity contribution < 1.29 is 20.9 Å². The van der Waals surface area contributed by atoms with Crippen LogP contribution in [-0.4, -0.2) is 41.2 Å². The van der Waals surface area contributed by atoms with Gasteiger partial charge in [0, 0.05) is 37.7 Å². The standard InChI is InChI=1S/C23H43N3O2/c1-21(2)19-8-9-23(28-21,15-22(19,25)10-11-27)18-5-3-4-16(13-18)12-17-6-7-20(24)26-14-17/h16-20,26-27H,3-15,24-25H2,1-2H3/p+2/t16-,17?,18+,19+,20?,22-,23-/m0/s1. The van der Waals surface area contributed by atoms with Crippen molar-refractivity contribution in [1.29, 1.82) is 0 Å². The van der Waals surface area contributed by atoms with Gasteiger partial charge in [0.2, 0.25) is 0 Å². The van der Waals surface area contributed by atoms with Crippen LogP contribution in [0.1, 0.15) is 84.5 Å². The number of aliphatic hydroxyl groups excluding tert-OH is 1. The summed E-state index contributed by atoms with van der Waals surface area (Å²) in [6.45, 7) is 6.03. The molecule has 0 spiro atoms. The number of hydrogen-bond donors (Lipinski definition) is 4. The predicted molar refractivity (Wildman–Crippen MR) is 110 cm³/mol. The summed E-state index contributed by atoms with van der Waals surface area (Å²) < 4.78 is 6.95. The zero-order valence-corrected chi connectivity index (χ0v) is 18.3. The second kappa shape index (κ2) is 7.81. The molecular weight excluding hydrogens is 350 g/mol. The molecule has 0 amide bonds. The third kappa shape index (κ3) is 3.90. The largest absolute Gasteiger partial charge is 0.396 e. The van der Waals surface area contributed by atoms with Crippen molar-refractivity contribution >= 4 is 0 Å². The zero-order chi connectivity index (χ0) is 20.0. The molecule has 2 saturated carbocycles. The smallest absolute Gasteiger partial charge is 0.137 e. The Labute approximate surface area is 171 Å². The van der Waals surface area contributed by atoms with Crippen LogP contribution >= 0.6 is 0 Å². The minimum atomic E-state index is -0.116. The average molecular weight is 396 g/mol. The first-order chi connectivity index (χ1) is 13.3. The van der Waals surface area contributed by atoms with E-state index in [1.165, 1.54) is 64.3 Å². The first-order valence-electron chi connectivity index (χ1n) is 12.0. The summed E-state index contributed by atoms with van der Waals surface area (Å²) >= 11 is 0. The summed E-state index contributed by atoms with van der Waals surface area (Å²) in [5.74, 6) is 2.84. The number of quaternary nitrogens is 2. The molecule has 2 aliphatic carbocycles. The van der Waals surface area contributed by atoms with Gasteiger partial charge in [-0.3, -0.25) is 5.73 Å². The normalized spacial score (nSPS) is 48.5. The van der Waals surface area contributed by atoms with E-state index in [-0.39, 0.29) is 23.3 Å². The fraction of sp³-hybridized carbons (Fsp3) is 1.00. The average Bonchev–Trinajstić information content (AvgIpc) is 2.63. The van der Waals surface area contributed by atoms with Gasteiger partial charge in [0.15, 0.2) is 0 Å². The molecule has 8 N–H and O–H groups in total. The molecule has 2 bridgehead atoms. The minimum Gasteiger partial charge on any atom is -0.396 e. The van der Waals surface area contributed by atoms with Gasteiger partial charge < -0.3 is 20.9 Å². The molecule has 7 atom stereocenters. The molecule has 3 saturated heterocycles. The highest BCUT2D eigenvalue weighted by Crippen LogP contribution is 2.59. The lowest BCUT2D eigenvalue weighted by Crippen LogP contribution is -2.95. The number of rotatable bonds is 5. The van der Waals surface area contributed by atoms with Gasteiger partial charge in [-0.05, 0) is 64.2 Å². The van der Waals surface area contributed by atoms with Crippen LogP contribution in [0.4, 0.5) is 0 Å². The van der Waals surface area contributed by atoms with Gasteiger partial charge in [0.1, 0.15) is 11.7 Å². The second-order valence-corrected chi connectivity index (χ2v) is 11.4. The van der Waals surface area contributed by atoms with E-state index >= 15 is 0 Å². The van der Waals surface area contributed by atoms with E-state index in [4.69, 9.17) is 16.2 Å². The van der Waals surface area contributed by atoms with E-state index < -0.39 is 0 Å². The number of piperidine rings is 1. The van der Waals surface area contributed by atoms with Gasteiger partial charge >= 0.3 is 0 Å². The van der Waals surface area contributed by atoms with Gasteiger partial charge in [0.05, 0.1) is 17.7 Å². The van der Waals surface area contributed by atoms with Gasteiger partial charge in [-0.2, -0.15) is 0 Å². The van der Waals surface area contributed by atoms with Gasteiger partial charge in [0.25, 0.3) is 0 Å². The highest BCUT2D eigenvalue weighted by Gasteiger charge is 2.65.